The first-order chi connectivity index (χ1) is 7.58. The molecule has 0 saturated carbocycles. The molecule has 4 heteroatoms. The zero-order valence-electron chi connectivity index (χ0n) is 9.28. The van der Waals surface area contributed by atoms with Crippen LogP contribution in [0.25, 0.3) is 11.3 Å². The smallest absolute Gasteiger partial charge is 0.254 e. The zero-order chi connectivity index (χ0) is 11.7. The Morgan fingerprint density at radius 3 is 2.69 bits per heavy atom. The van der Waals surface area contributed by atoms with Crippen molar-refractivity contribution in [3.05, 3.63) is 35.7 Å². The molecule has 0 aliphatic heterocycles. The molecule has 0 amide bonds. The van der Waals surface area contributed by atoms with E-state index in [-0.39, 0.29) is 0 Å². The highest BCUT2D eigenvalue weighted by Crippen LogP contribution is 2.26. The highest BCUT2D eigenvalue weighted by atomic mass is 16.3. The van der Waals surface area contributed by atoms with Crippen molar-refractivity contribution in [3.63, 3.8) is 0 Å². The van der Waals surface area contributed by atoms with Gasteiger partial charge in [-0.3, -0.25) is 4.98 Å². The van der Waals surface area contributed by atoms with Crippen LogP contribution in [-0.2, 0) is 0 Å². The number of aryl methyl sites for hydroxylation is 2. The third-order valence-electron chi connectivity index (χ3n) is 2.46. The maximum Gasteiger partial charge on any atom is 0.254 e. The van der Waals surface area contributed by atoms with Crippen LogP contribution in [0.2, 0.25) is 0 Å². The molecule has 1 aromatic heterocycles. The van der Waals surface area contributed by atoms with E-state index in [1.165, 1.54) is 0 Å². The predicted octanol–water partition coefficient (Wildman–Crippen LogP) is 1.78. The number of nitrogens with zero attached hydrogens (tertiary/aromatic N) is 2. The van der Waals surface area contributed by atoms with E-state index >= 15 is 0 Å². The molecule has 0 radical (unpaired) electrons. The molecule has 0 atom stereocenters. The van der Waals surface area contributed by atoms with E-state index < -0.39 is 0 Å². The summed E-state index contributed by atoms with van der Waals surface area (Å²) < 4.78 is 0. The van der Waals surface area contributed by atoms with Crippen LogP contribution in [0, 0.1) is 13.8 Å². The Hall–Kier alpha value is -2.10. The van der Waals surface area contributed by atoms with Gasteiger partial charge in [-0.05, 0) is 25.5 Å². The Morgan fingerprint density at radius 2 is 2.00 bits per heavy atom. The Kier molecular flexibility index (Phi) is 2.48. The number of hydrogen-bond donors (Lipinski definition) is 1. The minimum absolute atomic E-state index is 0.412. The summed E-state index contributed by atoms with van der Waals surface area (Å²) in [7, 11) is 0. The number of anilines is 1. The lowest BCUT2D eigenvalue weighted by atomic mass is 10.0. The van der Waals surface area contributed by atoms with E-state index in [0.29, 0.717) is 11.6 Å². The van der Waals surface area contributed by atoms with Crippen molar-refractivity contribution in [3.8, 4) is 17.0 Å². The van der Waals surface area contributed by atoms with E-state index in [9.17, 15) is 0 Å². The maximum absolute atomic E-state index is 7.53. The summed E-state index contributed by atoms with van der Waals surface area (Å²) in [6.07, 6.45) is 1.55. The predicted molar refractivity (Wildman–Crippen MR) is 64.4 cm³/mol. The number of benzene rings is 1. The Bertz CT molecular complexity index is 538. The van der Waals surface area contributed by atoms with Crippen LogP contribution in [0.1, 0.15) is 11.3 Å². The normalized spacial score (nSPS) is 10.4. The second-order valence-corrected chi connectivity index (χ2v) is 3.76. The van der Waals surface area contributed by atoms with Crippen LogP contribution in [0.4, 0.5) is 5.82 Å². The standard InChI is InChI=1S/C12H13N3O/c1-7-5-9(16)3-4-10(7)12-8(2)14-6-11(13)15-12/h3-6,16H,1-2H3,(H2,13,15)/p+1. The molecule has 1 aromatic carbocycles. The zero-order valence-corrected chi connectivity index (χ0v) is 9.28. The first-order valence-electron chi connectivity index (χ1n) is 4.99. The highest BCUT2D eigenvalue weighted by molar-refractivity contribution is 5.67. The van der Waals surface area contributed by atoms with Gasteiger partial charge in [0.1, 0.15) is 5.82 Å². The molecule has 0 spiro atoms. The average molecular weight is 216 g/mol. The SMILES string of the molecule is Cc1cc([OH2+])ccc1-c1nc(N)cnc1C. The number of nitrogen functional groups attached to an aromatic ring is 1. The largest absolute Gasteiger partial charge is 0.593 e. The van der Waals surface area contributed by atoms with Crippen molar-refractivity contribution in [2.45, 2.75) is 13.8 Å². The summed E-state index contributed by atoms with van der Waals surface area (Å²) in [5.74, 6) is 0.908. The summed E-state index contributed by atoms with van der Waals surface area (Å²) in [6.45, 7) is 3.85. The van der Waals surface area contributed by atoms with Gasteiger partial charge < -0.3 is 10.8 Å². The van der Waals surface area contributed by atoms with Gasteiger partial charge in [0, 0.05) is 17.7 Å². The van der Waals surface area contributed by atoms with Crippen molar-refractivity contribution >= 4 is 5.82 Å². The molecule has 4 N–H and O–H groups in total. The molecule has 2 rings (SSSR count). The maximum atomic E-state index is 7.53. The summed E-state index contributed by atoms with van der Waals surface area (Å²) in [6, 6.07) is 5.43. The molecule has 0 unspecified atom stereocenters. The van der Waals surface area contributed by atoms with Crippen molar-refractivity contribution < 1.29 is 5.11 Å². The molecule has 0 aliphatic carbocycles. The van der Waals surface area contributed by atoms with Crippen LogP contribution in [0.15, 0.2) is 24.4 Å². The highest BCUT2D eigenvalue weighted by Gasteiger charge is 2.09. The Morgan fingerprint density at radius 1 is 1.25 bits per heavy atom. The fraction of sp³-hybridized carbons (Fsp3) is 0.167. The van der Waals surface area contributed by atoms with E-state index in [2.05, 4.69) is 9.97 Å². The molecule has 0 aliphatic rings. The van der Waals surface area contributed by atoms with Gasteiger partial charge in [-0.2, -0.15) is 0 Å². The van der Waals surface area contributed by atoms with Crippen molar-refractivity contribution in [1.29, 1.82) is 0 Å². The lowest BCUT2D eigenvalue weighted by Crippen LogP contribution is -1.98. The summed E-state index contributed by atoms with van der Waals surface area (Å²) in [4.78, 5) is 8.47. The van der Waals surface area contributed by atoms with E-state index in [1.807, 2.05) is 19.9 Å². The molecular weight excluding hydrogens is 202 g/mol. The van der Waals surface area contributed by atoms with E-state index in [0.717, 1.165) is 22.5 Å². The first kappa shape index (κ1) is 10.4. The molecule has 0 bridgehead atoms. The van der Waals surface area contributed by atoms with Crippen LogP contribution in [0.3, 0.4) is 0 Å². The van der Waals surface area contributed by atoms with Crippen LogP contribution >= 0.6 is 0 Å². The quantitative estimate of drug-likeness (QED) is 0.738. The minimum atomic E-state index is 0.412. The molecule has 16 heavy (non-hydrogen) atoms. The van der Waals surface area contributed by atoms with Gasteiger partial charge in [-0.15, -0.1) is 0 Å². The second kappa shape index (κ2) is 3.81. The molecule has 2 aromatic rings. The van der Waals surface area contributed by atoms with Gasteiger partial charge in [0.25, 0.3) is 5.75 Å². The molecule has 1 heterocycles. The van der Waals surface area contributed by atoms with Crippen LogP contribution in [-0.4, -0.2) is 15.1 Å². The van der Waals surface area contributed by atoms with Crippen molar-refractivity contribution in [2.75, 3.05) is 5.73 Å². The molecule has 0 saturated heterocycles. The summed E-state index contributed by atoms with van der Waals surface area (Å²) in [5.41, 5.74) is 9.26. The summed E-state index contributed by atoms with van der Waals surface area (Å²) in [5, 5.41) is 7.53. The third-order valence-corrected chi connectivity index (χ3v) is 2.46. The molecular formula is C12H14N3O+. The Labute approximate surface area is 93.8 Å². The average Bonchev–Trinajstić information content (AvgIpc) is 2.22. The van der Waals surface area contributed by atoms with Gasteiger partial charge >= 0.3 is 0 Å². The monoisotopic (exact) mass is 216 g/mol. The number of nitrogens with two attached hydrogens (primary N) is 1. The van der Waals surface area contributed by atoms with Crippen molar-refractivity contribution in [2.24, 2.45) is 0 Å². The molecule has 4 nitrogen and oxygen atoms in total. The fourth-order valence-corrected chi connectivity index (χ4v) is 1.65. The molecule has 0 fully saturated rings. The number of aromatic nitrogens is 2. The van der Waals surface area contributed by atoms with Gasteiger partial charge in [0.05, 0.1) is 17.6 Å². The fourth-order valence-electron chi connectivity index (χ4n) is 1.65. The first-order valence-corrected chi connectivity index (χ1v) is 4.99. The number of rotatable bonds is 1. The van der Waals surface area contributed by atoms with Crippen LogP contribution in [0.5, 0.6) is 5.75 Å². The molecule has 82 valence electrons. The summed E-state index contributed by atoms with van der Waals surface area (Å²) >= 11 is 0. The lowest BCUT2D eigenvalue weighted by Gasteiger charge is -2.07. The van der Waals surface area contributed by atoms with Gasteiger partial charge in [-0.1, -0.05) is 0 Å². The van der Waals surface area contributed by atoms with Crippen molar-refractivity contribution in [1.82, 2.24) is 9.97 Å². The Balaban J connectivity index is 2.62. The van der Waals surface area contributed by atoms with Gasteiger partial charge in [0.2, 0.25) is 0 Å². The third kappa shape index (κ3) is 1.82. The lowest BCUT2D eigenvalue weighted by molar-refractivity contribution is 0.475. The number of hydrogen-bond acceptors (Lipinski definition) is 3. The van der Waals surface area contributed by atoms with Gasteiger partial charge in [-0.25, -0.2) is 4.98 Å². The van der Waals surface area contributed by atoms with Gasteiger partial charge in [0.15, 0.2) is 0 Å². The van der Waals surface area contributed by atoms with Crippen LogP contribution < -0.4 is 5.73 Å². The topological polar surface area (TPSA) is 74.7 Å². The second-order valence-electron chi connectivity index (χ2n) is 3.76. The van der Waals surface area contributed by atoms with E-state index in [4.69, 9.17) is 10.8 Å². The minimum Gasteiger partial charge on any atom is -0.593 e. The van der Waals surface area contributed by atoms with E-state index in [1.54, 1.807) is 18.3 Å².